The molecule has 0 saturated carbocycles. The van der Waals surface area contributed by atoms with Crippen molar-refractivity contribution in [3.63, 3.8) is 0 Å². The van der Waals surface area contributed by atoms with Crippen molar-refractivity contribution < 1.29 is 4.79 Å². The molecule has 0 fully saturated rings. The van der Waals surface area contributed by atoms with Crippen molar-refractivity contribution in [2.24, 2.45) is 0 Å². The van der Waals surface area contributed by atoms with Crippen molar-refractivity contribution in [2.75, 3.05) is 5.32 Å². The van der Waals surface area contributed by atoms with Gasteiger partial charge in [0.05, 0.1) is 11.6 Å². The Hall–Kier alpha value is -3.80. The zero-order valence-electron chi connectivity index (χ0n) is 17.2. The number of carbonyl (C=O) groups excluding carboxylic acids is 1. The predicted molar refractivity (Wildman–Crippen MR) is 119 cm³/mol. The van der Waals surface area contributed by atoms with Gasteiger partial charge in [-0.15, -0.1) is 0 Å². The lowest BCUT2D eigenvalue weighted by Gasteiger charge is -2.14. The van der Waals surface area contributed by atoms with Crippen LogP contribution in [0.5, 0.6) is 0 Å². The highest BCUT2D eigenvalue weighted by Crippen LogP contribution is 2.27. The summed E-state index contributed by atoms with van der Waals surface area (Å²) in [5.41, 5.74) is 6.17. The monoisotopic (exact) mass is 397 g/mol. The fraction of sp³-hybridized carbons (Fsp3) is 0.167. The van der Waals surface area contributed by atoms with Crippen molar-refractivity contribution in [1.29, 1.82) is 0 Å². The maximum absolute atomic E-state index is 11.2. The molecule has 2 N–H and O–H groups in total. The summed E-state index contributed by atoms with van der Waals surface area (Å²) in [5, 5.41) is 7.13. The molecule has 0 spiro atoms. The third-order valence-corrected chi connectivity index (χ3v) is 4.97. The first kappa shape index (κ1) is 19.5. The molecule has 2 aromatic heterocycles. The summed E-state index contributed by atoms with van der Waals surface area (Å²) in [6.45, 7) is 5.53. The number of hydrogen-bond acceptors (Lipinski definition) is 5. The van der Waals surface area contributed by atoms with Crippen molar-refractivity contribution in [2.45, 2.75) is 26.8 Å². The summed E-state index contributed by atoms with van der Waals surface area (Å²) in [6.07, 6.45) is 5.43. The number of anilines is 2. The second-order valence-corrected chi connectivity index (χ2v) is 7.33. The Morgan fingerprint density at radius 3 is 2.43 bits per heavy atom. The molecule has 4 rings (SSSR count). The van der Waals surface area contributed by atoms with Crippen LogP contribution in [0.3, 0.4) is 0 Å². The topological polar surface area (TPSA) is 79.8 Å². The lowest BCUT2D eigenvalue weighted by molar-refractivity contribution is -0.119. The molecule has 30 heavy (non-hydrogen) atoms. The smallest absolute Gasteiger partial charge is 0.227 e. The molecule has 0 bridgehead atoms. The van der Waals surface area contributed by atoms with Gasteiger partial charge in [0.1, 0.15) is 0 Å². The van der Waals surface area contributed by atoms with Crippen LogP contribution in [0.15, 0.2) is 67.1 Å². The van der Waals surface area contributed by atoms with E-state index in [1.807, 2.05) is 49.5 Å². The summed E-state index contributed by atoms with van der Waals surface area (Å²) in [6, 6.07) is 16.1. The number of nitrogens with zero attached hydrogens (tertiary/aromatic N) is 3. The van der Waals surface area contributed by atoms with Crippen LogP contribution in [0.25, 0.3) is 22.0 Å². The average Bonchev–Trinajstić information content (AvgIpc) is 2.75. The van der Waals surface area contributed by atoms with Gasteiger partial charge in [-0.1, -0.05) is 12.1 Å². The number of fused-ring (bicyclic) bond motifs is 1. The van der Waals surface area contributed by atoms with Gasteiger partial charge in [-0.25, -0.2) is 9.97 Å². The maximum Gasteiger partial charge on any atom is 0.227 e. The van der Waals surface area contributed by atoms with Crippen LogP contribution < -0.4 is 10.6 Å². The van der Waals surface area contributed by atoms with Gasteiger partial charge in [0.15, 0.2) is 0 Å². The predicted octanol–water partition coefficient (Wildman–Crippen LogP) is 4.94. The third kappa shape index (κ3) is 4.27. The van der Waals surface area contributed by atoms with Gasteiger partial charge >= 0.3 is 0 Å². The molecule has 1 atom stereocenters. The van der Waals surface area contributed by atoms with Crippen molar-refractivity contribution in [3.05, 3.63) is 78.2 Å². The highest BCUT2D eigenvalue weighted by atomic mass is 16.1. The Morgan fingerprint density at radius 1 is 1.00 bits per heavy atom. The molecular weight excluding hydrogens is 374 g/mol. The van der Waals surface area contributed by atoms with E-state index >= 15 is 0 Å². The molecule has 150 valence electrons. The van der Waals surface area contributed by atoms with Crippen LogP contribution in [0.1, 0.15) is 31.0 Å². The maximum atomic E-state index is 11.2. The van der Waals surface area contributed by atoms with Crippen LogP contribution >= 0.6 is 0 Å². The Kier molecular flexibility index (Phi) is 5.39. The van der Waals surface area contributed by atoms with E-state index in [2.05, 4.69) is 39.7 Å². The largest absolute Gasteiger partial charge is 0.350 e. The van der Waals surface area contributed by atoms with E-state index in [0.29, 0.717) is 5.95 Å². The summed E-state index contributed by atoms with van der Waals surface area (Å²) >= 11 is 0. The van der Waals surface area contributed by atoms with Crippen LogP contribution in [0, 0.1) is 6.92 Å². The van der Waals surface area contributed by atoms with Gasteiger partial charge in [-0.3, -0.25) is 9.78 Å². The van der Waals surface area contributed by atoms with Crippen molar-refractivity contribution in [3.8, 4) is 11.1 Å². The number of aromatic nitrogens is 3. The number of nitrogens with one attached hydrogen (secondary N) is 2. The summed E-state index contributed by atoms with van der Waals surface area (Å²) in [4.78, 5) is 24.5. The zero-order valence-corrected chi connectivity index (χ0v) is 17.2. The standard InChI is InChI=1S/C24H23N5O/c1-15-12-20(19-8-10-25-11-9-19)13-21-14-26-24(29-23(15)21)28-22-6-4-18(5-7-22)16(2)27-17(3)30/h4-14,16H,1-3H3,(H,27,30)(H,26,28,29)/t16-/m1/s1. The molecule has 2 aromatic carbocycles. The van der Waals surface area contributed by atoms with Gasteiger partial charge in [0.25, 0.3) is 0 Å². The second kappa shape index (κ2) is 8.29. The first-order valence-corrected chi connectivity index (χ1v) is 9.81. The second-order valence-electron chi connectivity index (χ2n) is 7.33. The van der Waals surface area contributed by atoms with E-state index in [9.17, 15) is 4.79 Å². The first-order chi connectivity index (χ1) is 14.5. The quantitative estimate of drug-likeness (QED) is 0.499. The normalized spacial score (nSPS) is 11.8. The Bertz CT molecular complexity index is 1190. The lowest BCUT2D eigenvalue weighted by atomic mass is 10.0. The van der Waals surface area contributed by atoms with E-state index < -0.39 is 0 Å². The Balaban J connectivity index is 1.57. The fourth-order valence-electron chi connectivity index (χ4n) is 3.47. The molecular formula is C24H23N5O. The minimum atomic E-state index is -0.0447. The average molecular weight is 397 g/mol. The van der Waals surface area contributed by atoms with Crippen LogP contribution in [0.4, 0.5) is 11.6 Å². The molecule has 0 aliphatic carbocycles. The van der Waals surface area contributed by atoms with E-state index in [0.717, 1.165) is 38.8 Å². The summed E-state index contributed by atoms with van der Waals surface area (Å²) in [7, 11) is 0. The summed E-state index contributed by atoms with van der Waals surface area (Å²) in [5.74, 6) is 0.502. The molecule has 0 radical (unpaired) electrons. The molecule has 0 saturated heterocycles. The number of rotatable bonds is 5. The van der Waals surface area contributed by atoms with Crippen LogP contribution in [-0.2, 0) is 4.79 Å². The fourth-order valence-corrected chi connectivity index (χ4v) is 3.47. The number of carbonyl (C=O) groups is 1. The van der Waals surface area contributed by atoms with E-state index in [4.69, 9.17) is 4.98 Å². The first-order valence-electron chi connectivity index (χ1n) is 9.81. The number of pyridine rings is 1. The number of benzene rings is 2. The van der Waals surface area contributed by atoms with E-state index in [-0.39, 0.29) is 11.9 Å². The van der Waals surface area contributed by atoms with Crippen molar-refractivity contribution >= 4 is 28.4 Å². The van der Waals surface area contributed by atoms with Gasteiger partial charge < -0.3 is 10.6 Å². The van der Waals surface area contributed by atoms with Crippen LogP contribution in [-0.4, -0.2) is 20.9 Å². The van der Waals surface area contributed by atoms with E-state index in [1.165, 1.54) is 6.92 Å². The minimum Gasteiger partial charge on any atom is -0.350 e. The molecule has 6 heteroatoms. The third-order valence-electron chi connectivity index (χ3n) is 4.97. The molecule has 0 aliphatic rings. The molecule has 1 amide bonds. The molecule has 4 aromatic rings. The SMILES string of the molecule is CC(=O)N[C@H](C)c1ccc(Nc2ncc3cc(-c4ccncc4)cc(C)c3n2)cc1. The molecule has 2 heterocycles. The lowest BCUT2D eigenvalue weighted by Crippen LogP contribution is -2.23. The Morgan fingerprint density at radius 2 is 1.73 bits per heavy atom. The minimum absolute atomic E-state index is 0.0364. The highest BCUT2D eigenvalue weighted by molar-refractivity contribution is 5.87. The number of hydrogen-bond donors (Lipinski definition) is 2. The molecule has 0 unspecified atom stereocenters. The molecule has 6 nitrogen and oxygen atoms in total. The number of amides is 1. The highest BCUT2D eigenvalue weighted by Gasteiger charge is 2.09. The zero-order chi connectivity index (χ0) is 21.1. The van der Waals surface area contributed by atoms with Crippen molar-refractivity contribution in [1.82, 2.24) is 20.3 Å². The van der Waals surface area contributed by atoms with Crippen LogP contribution in [0.2, 0.25) is 0 Å². The van der Waals surface area contributed by atoms with Gasteiger partial charge in [0.2, 0.25) is 11.9 Å². The molecule has 0 aliphatic heterocycles. The Labute approximate surface area is 175 Å². The van der Waals surface area contributed by atoms with Gasteiger partial charge in [-0.2, -0.15) is 0 Å². The van der Waals surface area contributed by atoms with E-state index in [1.54, 1.807) is 12.4 Å². The summed E-state index contributed by atoms with van der Waals surface area (Å²) < 4.78 is 0. The number of aryl methyl sites for hydroxylation is 1. The van der Waals surface area contributed by atoms with Gasteiger partial charge in [-0.05, 0) is 72.5 Å². The van der Waals surface area contributed by atoms with Gasteiger partial charge in [0, 0.05) is 36.6 Å².